The van der Waals surface area contributed by atoms with Crippen LogP contribution in [0.5, 0.6) is 0 Å². The van der Waals surface area contributed by atoms with E-state index in [2.05, 4.69) is 193 Å². The summed E-state index contributed by atoms with van der Waals surface area (Å²) in [4.78, 5) is 2.32. The number of hydrogen-bond acceptors (Lipinski definition) is 3. The first kappa shape index (κ1) is 31.2. The molecule has 0 unspecified atom stereocenters. The van der Waals surface area contributed by atoms with Gasteiger partial charge in [0.1, 0.15) is 22.3 Å². The van der Waals surface area contributed by atoms with E-state index in [4.69, 9.17) is 8.83 Å². The van der Waals surface area contributed by atoms with Crippen LogP contribution in [0.15, 0.2) is 209 Å². The molecule has 11 rings (SSSR count). The lowest BCUT2D eigenvalue weighted by molar-refractivity contribution is 0.669. The predicted octanol–water partition coefficient (Wildman–Crippen LogP) is 15.1. The van der Waals surface area contributed by atoms with Gasteiger partial charge in [-0.3, -0.25) is 0 Å². The number of furan rings is 2. The molecule has 0 atom stereocenters. The molecule has 0 radical (unpaired) electrons. The van der Waals surface area contributed by atoms with Gasteiger partial charge in [-0.2, -0.15) is 0 Å². The molecule has 11 aromatic rings. The number of benzene rings is 9. The van der Waals surface area contributed by atoms with Gasteiger partial charge in [-0.1, -0.05) is 133 Å². The maximum atomic E-state index is 6.51. The van der Waals surface area contributed by atoms with Crippen LogP contribution in [-0.2, 0) is 0 Å². The summed E-state index contributed by atoms with van der Waals surface area (Å²) in [5.41, 5.74) is 13.8. The summed E-state index contributed by atoms with van der Waals surface area (Å²) in [5.74, 6) is 0. The highest BCUT2D eigenvalue weighted by atomic mass is 16.3. The first-order chi connectivity index (χ1) is 27.2. The van der Waals surface area contributed by atoms with E-state index in [1.54, 1.807) is 0 Å². The third-order valence-corrected chi connectivity index (χ3v) is 10.9. The maximum absolute atomic E-state index is 6.51. The molecule has 0 bridgehead atoms. The molecular weight excluding hydrogens is 671 g/mol. The number of hydrogen-bond donors (Lipinski definition) is 0. The predicted molar refractivity (Wildman–Crippen MR) is 229 cm³/mol. The summed E-state index contributed by atoms with van der Waals surface area (Å²) in [6.07, 6.45) is 0. The van der Waals surface area contributed by atoms with Crippen molar-refractivity contribution in [3.63, 3.8) is 0 Å². The van der Waals surface area contributed by atoms with Crippen LogP contribution >= 0.6 is 0 Å². The summed E-state index contributed by atoms with van der Waals surface area (Å²) in [5, 5.41) is 6.86. The fourth-order valence-electron chi connectivity index (χ4n) is 8.17. The average Bonchev–Trinajstić information content (AvgIpc) is 3.83. The first-order valence-electron chi connectivity index (χ1n) is 18.7. The summed E-state index contributed by atoms with van der Waals surface area (Å²) in [7, 11) is 0. The standard InChI is InChI=1S/C52H33NO2/c1-2-9-34(10-3-1)35-17-25-40(26-18-35)53(41-27-19-36(20-28-41)39-24-31-46-45-13-6-7-15-48(45)54-50(46)33-39)42-29-21-38(22-30-42)43-14-8-16-49-51(43)47-32-23-37-11-4-5-12-44(37)52(47)55-49/h1-33H. The van der Waals surface area contributed by atoms with Crippen molar-refractivity contribution in [2.45, 2.75) is 0 Å². The average molecular weight is 704 g/mol. The molecule has 0 aliphatic carbocycles. The van der Waals surface area contributed by atoms with Crippen LogP contribution in [0.25, 0.3) is 88.0 Å². The smallest absolute Gasteiger partial charge is 0.143 e. The molecule has 0 aliphatic rings. The number of rotatable bonds is 6. The molecule has 3 heteroatoms. The van der Waals surface area contributed by atoms with Crippen LogP contribution in [0.4, 0.5) is 17.1 Å². The molecule has 9 aromatic carbocycles. The monoisotopic (exact) mass is 703 g/mol. The third kappa shape index (κ3) is 5.28. The lowest BCUT2D eigenvalue weighted by Gasteiger charge is -2.26. The number of para-hydroxylation sites is 1. The number of anilines is 3. The molecule has 3 nitrogen and oxygen atoms in total. The summed E-state index contributed by atoms with van der Waals surface area (Å²) < 4.78 is 12.7. The van der Waals surface area contributed by atoms with E-state index < -0.39 is 0 Å². The van der Waals surface area contributed by atoms with Gasteiger partial charge in [-0.15, -0.1) is 0 Å². The van der Waals surface area contributed by atoms with Crippen molar-refractivity contribution in [2.24, 2.45) is 0 Å². The molecule has 2 aromatic heterocycles. The topological polar surface area (TPSA) is 29.5 Å². The summed E-state index contributed by atoms with van der Waals surface area (Å²) >= 11 is 0. The second-order valence-electron chi connectivity index (χ2n) is 14.1. The van der Waals surface area contributed by atoms with Gasteiger partial charge in [0.2, 0.25) is 0 Å². The Kier molecular flexibility index (Phi) is 7.17. The van der Waals surface area contributed by atoms with Crippen molar-refractivity contribution in [3.8, 4) is 33.4 Å². The van der Waals surface area contributed by atoms with Crippen molar-refractivity contribution < 1.29 is 8.83 Å². The van der Waals surface area contributed by atoms with Crippen LogP contribution < -0.4 is 4.90 Å². The van der Waals surface area contributed by atoms with Crippen LogP contribution in [0.2, 0.25) is 0 Å². The Balaban J connectivity index is 0.988. The summed E-state index contributed by atoms with van der Waals surface area (Å²) in [6.45, 7) is 0. The summed E-state index contributed by atoms with van der Waals surface area (Å²) in [6, 6.07) is 71.0. The zero-order valence-corrected chi connectivity index (χ0v) is 29.8. The second kappa shape index (κ2) is 12.6. The van der Waals surface area contributed by atoms with Gasteiger partial charge in [0, 0.05) is 44.0 Å². The lowest BCUT2D eigenvalue weighted by atomic mass is 9.98. The molecule has 0 aliphatic heterocycles. The van der Waals surface area contributed by atoms with Crippen LogP contribution in [0.3, 0.4) is 0 Å². The normalized spacial score (nSPS) is 11.6. The Bertz CT molecular complexity index is 3170. The minimum absolute atomic E-state index is 0.896. The molecule has 0 N–H and O–H groups in total. The Hall–Kier alpha value is -7.36. The molecule has 55 heavy (non-hydrogen) atoms. The van der Waals surface area contributed by atoms with E-state index in [9.17, 15) is 0 Å². The van der Waals surface area contributed by atoms with Crippen molar-refractivity contribution in [3.05, 3.63) is 200 Å². The first-order valence-corrected chi connectivity index (χ1v) is 18.7. The van der Waals surface area contributed by atoms with Gasteiger partial charge in [0.25, 0.3) is 0 Å². The third-order valence-electron chi connectivity index (χ3n) is 10.9. The van der Waals surface area contributed by atoms with E-state index in [1.165, 1.54) is 16.5 Å². The molecule has 0 spiro atoms. The highest BCUT2D eigenvalue weighted by Crippen LogP contribution is 2.42. The highest BCUT2D eigenvalue weighted by Gasteiger charge is 2.17. The Morgan fingerprint density at radius 3 is 1.60 bits per heavy atom. The Labute approximate surface area is 317 Å². The van der Waals surface area contributed by atoms with E-state index >= 15 is 0 Å². The highest BCUT2D eigenvalue weighted by molar-refractivity contribution is 6.19. The SMILES string of the molecule is c1ccc(-c2ccc(N(c3ccc(-c4ccc5c(c4)oc4ccccc45)cc3)c3ccc(-c4cccc5oc6c7ccccc7ccc6c45)cc3)cc2)cc1. The van der Waals surface area contributed by atoms with Gasteiger partial charge in [-0.05, 0) is 105 Å². The van der Waals surface area contributed by atoms with Crippen molar-refractivity contribution in [1.29, 1.82) is 0 Å². The molecule has 0 fully saturated rings. The van der Waals surface area contributed by atoms with Crippen LogP contribution in [0.1, 0.15) is 0 Å². The van der Waals surface area contributed by atoms with Crippen LogP contribution in [-0.4, -0.2) is 0 Å². The molecule has 0 saturated carbocycles. The number of fused-ring (bicyclic) bond motifs is 8. The van der Waals surface area contributed by atoms with Crippen molar-refractivity contribution in [2.75, 3.05) is 4.90 Å². The van der Waals surface area contributed by atoms with Gasteiger partial charge in [-0.25, -0.2) is 0 Å². The van der Waals surface area contributed by atoms with E-state index in [0.717, 1.165) is 88.6 Å². The fraction of sp³-hybridized carbons (Fsp3) is 0. The Morgan fingerprint density at radius 2 is 0.855 bits per heavy atom. The zero-order valence-electron chi connectivity index (χ0n) is 29.8. The molecule has 0 amide bonds. The number of nitrogens with zero attached hydrogens (tertiary/aromatic N) is 1. The van der Waals surface area contributed by atoms with E-state index in [-0.39, 0.29) is 0 Å². The molecule has 0 saturated heterocycles. The van der Waals surface area contributed by atoms with Crippen molar-refractivity contribution in [1.82, 2.24) is 0 Å². The minimum atomic E-state index is 0.896. The lowest BCUT2D eigenvalue weighted by Crippen LogP contribution is -2.09. The van der Waals surface area contributed by atoms with E-state index in [1.807, 2.05) is 12.1 Å². The quantitative estimate of drug-likeness (QED) is 0.173. The van der Waals surface area contributed by atoms with Gasteiger partial charge in [0.05, 0.1) is 0 Å². The van der Waals surface area contributed by atoms with Gasteiger partial charge < -0.3 is 13.7 Å². The van der Waals surface area contributed by atoms with Gasteiger partial charge in [0.15, 0.2) is 0 Å². The molecular formula is C52H33NO2. The van der Waals surface area contributed by atoms with E-state index in [0.29, 0.717) is 0 Å². The minimum Gasteiger partial charge on any atom is -0.456 e. The van der Waals surface area contributed by atoms with Crippen LogP contribution in [0, 0.1) is 0 Å². The Morgan fingerprint density at radius 1 is 0.309 bits per heavy atom. The molecule has 258 valence electrons. The van der Waals surface area contributed by atoms with Gasteiger partial charge >= 0.3 is 0 Å². The largest absolute Gasteiger partial charge is 0.456 e. The second-order valence-corrected chi connectivity index (χ2v) is 14.1. The van der Waals surface area contributed by atoms with Crippen molar-refractivity contribution >= 4 is 71.7 Å². The fourth-order valence-corrected chi connectivity index (χ4v) is 8.17. The zero-order chi connectivity index (χ0) is 36.3. The molecule has 2 heterocycles. The maximum Gasteiger partial charge on any atom is 0.143 e.